The summed E-state index contributed by atoms with van der Waals surface area (Å²) in [6.07, 6.45) is 2.20. The second-order valence-electron chi connectivity index (χ2n) is 5.44. The Kier molecular flexibility index (Phi) is 5.58. The van der Waals surface area contributed by atoms with E-state index < -0.39 is 5.82 Å². The number of benzene rings is 1. The maximum absolute atomic E-state index is 13.3. The summed E-state index contributed by atoms with van der Waals surface area (Å²) in [7, 11) is 0. The van der Waals surface area contributed by atoms with E-state index in [0.717, 1.165) is 32.5 Å². The molecule has 0 aromatic heterocycles. The average Bonchev–Trinajstić information content (AvgIpc) is 2.49. The van der Waals surface area contributed by atoms with Crippen molar-refractivity contribution in [1.29, 1.82) is 0 Å². The highest BCUT2D eigenvalue weighted by molar-refractivity contribution is 9.10. The molecule has 1 aliphatic rings. The predicted octanol–water partition coefficient (Wildman–Crippen LogP) is 2.63. The van der Waals surface area contributed by atoms with Crippen LogP contribution in [0.4, 0.5) is 10.1 Å². The molecule has 1 amide bonds. The maximum atomic E-state index is 13.3. The minimum atomic E-state index is -0.523. The molecule has 0 bridgehead atoms. The largest absolute Gasteiger partial charge is 0.396 e. The number of nitrogens with two attached hydrogens (primary N) is 1. The fourth-order valence-corrected chi connectivity index (χ4v) is 3.07. The standard InChI is InChI=1S/C15H21BrFN3O/c1-2-20-5-3-10(4-6-20)9-19-15(21)11-7-14(18)13(17)8-12(11)16/h7-8,10H,2-6,9,18H2,1H3,(H,19,21). The molecule has 0 radical (unpaired) electrons. The SMILES string of the molecule is CCN1CCC(CNC(=O)c2cc(N)c(F)cc2Br)CC1. The van der Waals surface area contributed by atoms with E-state index in [4.69, 9.17) is 5.73 Å². The van der Waals surface area contributed by atoms with Gasteiger partial charge in [-0.25, -0.2) is 4.39 Å². The molecule has 1 fully saturated rings. The molecule has 21 heavy (non-hydrogen) atoms. The van der Waals surface area contributed by atoms with E-state index >= 15 is 0 Å². The topological polar surface area (TPSA) is 58.4 Å². The minimum absolute atomic E-state index is 0.0143. The quantitative estimate of drug-likeness (QED) is 0.814. The van der Waals surface area contributed by atoms with Gasteiger partial charge in [-0.3, -0.25) is 4.79 Å². The van der Waals surface area contributed by atoms with Gasteiger partial charge in [-0.05, 0) is 66.5 Å². The summed E-state index contributed by atoms with van der Waals surface area (Å²) < 4.78 is 13.7. The molecule has 2 rings (SSSR count). The van der Waals surface area contributed by atoms with E-state index in [1.165, 1.54) is 12.1 Å². The first-order chi connectivity index (χ1) is 10.0. The van der Waals surface area contributed by atoms with Crippen LogP contribution in [0.3, 0.4) is 0 Å². The zero-order valence-electron chi connectivity index (χ0n) is 12.2. The van der Waals surface area contributed by atoms with Crippen molar-refractivity contribution in [3.8, 4) is 0 Å². The van der Waals surface area contributed by atoms with Gasteiger partial charge in [0.2, 0.25) is 0 Å². The Morgan fingerprint density at radius 3 is 2.76 bits per heavy atom. The number of nitrogens with one attached hydrogen (secondary N) is 1. The van der Waals surface area contributed by atoms with E-state index in [-0.39, 0.29) is 11.6 Å². The van der Waals surface area contributed by atoms with Crippen molar-refractivity contribution in [2.24, 2.45) is 5.92 Å². The number of anilines is 1. The third-order valence-corrected chi connectivity index (χ3v) is 4.69. The number of amides is 1. The molecular weight excluding hydrogens is 337 g/mol. The van der Waals surface area contributed by atoms with Crippen LogP contribution in [0.1, 0.15) is 30.1 Å². The molecule has 116 valence electrons. The lowest BCUT2D eigenvalue weighted by atomic mass is 9.96. The van der Waals surface area contributed by atoms with E-state index in [1.807, 2.05) is 0 Å². The van der Waals surface area contributed by atoms with E-state index in [2.05, 4.69) is 33.1 Å². The van der Waals surface area contributed by atoms with E-state index in [0.29, 0.717) is 22.5 Å². The number of likely N-dealkylation sites (tertiary alicyclic amines) is 1. The van der Waals surface area contributed by atoms with Crippen LogP contribution in [-0.2, 0) is 0 Å². The monoisotopic (exact) mass is 357 g/mol. The Morgan fingerprint density at radius 1 is 1.48 bits per heavy atom. The zero-order chi connectivity index (χ0) is 15.4. The van der Waals surface area contributed by atoms with Gasteiger partial charge < -0.3 is 16.0 Å². The number of piperidine rings is 1. The van der Waals surface area contributed by atoms with E-state index in [9.17, 15) is 9.18 Å². The first kappa shape index (κ1) is 16.2. The number of rotatable bonds is 4. The second kappa shape index (κ2) is 7.22. The van der Waals surface area contributed by atoms with Crippen LogP contribution in [0.15, 0.2) is 16.6 Å². The van der Waals surface area contributed by atoms with Gasteiger partial charge in [-0.15, -0.1) is 0 Å². The Labute approximate surface area is 133 Å². The van der Waals surface area contributed by atoms with Crippen LogP contribution in [0.5, 0.6) is 0 Å². The molecule has 1 saturated heterocycles. The van der Waals surface area contributed by atoms with Crippen LogP contribution in [0.2, 0.25) is 0 Å². The second-order valence-corrected chi connectivity index (χ2v) is 6.30. The fraction of sp³-hybridized carbons (Fsp3) is 0.533. The summed E-state index contributed by atoms with van der Waals surface area (Å²) in [4.78, 5) is 14.6. The van der Waals surface area contributed by atoms with Gasteiger partial charge in [-0.1, -0.05) is 6.92 Å². The minimum Gasteiger partial charge on any atom is -0.396 e. The Hall–Kier alpha value is -1.14. The van der Waals surface area contributed by atoms with Gasteiger partial charge in [0.1, 0.15) is 5.82 Å². The number of nitrogens with zero attached hydrogens (tertiary/aromatic N) is 1. The van der Waals surface area contributed by atoms with Gasteiger partial charge in [0.15, 0.2) is 0 Å². The molecule has 1 aromatic carbocycles. The van der Waals surface area contributed by atoms with Crippen molar-refractivity contribution in [2.45, 2.75) is 19.8 Å². The highest BCUT2D eigenvalue weighted by Gasteiger charge is 2.19. The third kappa shape index (κ3) is 4.17. The molecule has 0 unspecified atom stereocenters. The molecular formula is C15H21BrFN3O. The van der Waals surface area contributed by atoms with Crippen LogP contribution >= 0.6 is 15.9 Å². The lowest BCUT2D eigenvalue weighted by Gasteiger charge is -2.31. The maximum Gasteiger partial charge on any atom is 0.252 e. The van der Waals surface area contributed by atoms with Gasteiger partial charge >= 0.3 is 0 Å². The summed E-state index contributed by atoms with van der Waals surface area (Å²) in [5, 5.41) is 2.92. The Bertz CT molecular complexity index is 516. The highest BCUT2D eigenvalue weighted by atomic mass is 79.9. The highest BCUT2D eigenvalue weighted by Crippen LogP contribution is 2.23. The van der Waals surface area contributed by atoms with Crippen molar-refractivity contribution in [3.63, 3.8) is 0 Å². The van der Waals surface area contributed by atoms with Gasteiger partial charge in [-0.2, -0.15) is 0 Å². The molecule has 1 heterocycles. The summed E-state index contributed by atoms with van der Waals surface area (Å²) in [5.41, 5.74) is 5.88. The van der Waals surface area contributed by atoms with Crippen molar-refractivity contribution >= 4 is 27.5 Å². The first-order valence-corrected chi connectivity index (χ1v) is 8.05. The molecule has 1 aliphatic heterocycles. The Morgan fingerprint density at radius 2 is 2.14 bits per heavy atom. The number of halogens is 2. The smallest absolute Gasteiger partial charge is 0.252 e. The van der Waals surface area contributed by atoms with Crippen molar-refractivity contribution in [1.82, 2.24) is 10.2 Å². The third-order valence-electron chi connectivity index (χ3n) is 4.04. The summed E-state index contributed by atoms with van der Waals surface area (Å²) in [5.74, 6) is -0.231. The molecule has 0 spiro atoms. The zero-order valence-corrected chi connectivity index (χ0v) is 13.7. The van der Waals surface area contributed by atoms with Gasteiger partial charge in [0.05, 0.1) is 11.3 Å². The lowest BCUT2D eigenvalue weighted by molar-refractivity contribution is 0.0936. The number of nitrogen functional groups attached to an aromatic ring is 1. The van der Waals surface area contributed by atoms with Crippen LogP contribution in [0, 0.1) is 11.7 Å². The molecule has 3 N–H and O–H groups in total. The van der Waals surface area contributed by atoms with Crippen molar-refractivity contribution in [3.05, 3.63) is 28.0 Å². The average molecular weight is 358 g/mol. The fourth-order valence-electron chi connectivity index (χ4n) is 2.58. The number of hydrogen-bond acceptors (Lipinski definition) is 3. The predicted molar refractivity (Wildman–Crippen MR) is 85.7 cm³/mol. The molecule has 0 atom stereocenters. The summed E-state index contributed by atoms with van der Waals surface area (Å²) in [6, 6.07) is 2.60. The summed E-state index contributed by atoms with van der Waals surface area (Å²) >= 11 is 3.20. The first-order valence-electron chi connectivity index (χ1n) is 7.26. The van der Waals surface area contributed by atoms with Crippen LogP contribution in [-0.4, -0.2) is 37.0 Å². The molecule has 4 nitrogen and oxygen atoms in total. The van der Waals surface area contributed by atoms with Crippen molar-refractivity contribution in [2.75, 3.05) is 31.9 Å². The molecule has 0 saturated carbocycles. The number of carbonyl (C=O) groups excluding carboxylic acids is 1. The number of carbonyl (C=O) groups is 1. The van der Waals surface area contributed by atoms with Crippen molar-refractivity contribution < 1.29 is 9.18 Å². The number of hydrogen-bond donors (Lipinski definition) is 2. The van der Waals surface area contributed by atoms with Gasteiger partial charge in [0.25, 0.3) is 5.91 Å². The molecule has 0 aliphatic carbocycles. The Balaban J connectivity index is 1.89. The van der Waals surface area contributed by atoms with Gasteiger partial charge in [0, 0.05) is 11.0 Å². The molecule has 6 heteroatoms. The van der Waals surface area contributed by atoms with Crippen LogP contribution in [0.25, 0.3) is 0 Å². The normalized spacial score (nSPS) is 16.9. The summed E-state index contributed by atoms with van der Waals surface area (Å²) in [6.45, 7) is 6.08. The lowest BCUT2D eigenvalue weighted by Crippen LogP contribution is -2.38. The molecule has 1 aromatic rings. The van der Waals surface area contributed by atoms with Crippen LogP contribution < -0.4 is 11.1 Å². The van der Waals surface area contributed by atoms with E-state index in [1.54, 1.807) is 0 Å².